The summed E-state index contributed by atoms with van der Waals surface area (Å²) in [6, 6.07) is 6.20. The van der Waals surface area contributed by atoms with Gasteiger partial charge in [-0.3, -0.25) is 4.79 Å². The number of carbonyl (C=O) groups is 2. The third-order valence-electron chi connectivity index (χ3n) is 2.93. The molecular weight excluding hydrogens is 345 g/mol. The van der Waals surface area contributed by atoms with Gasteiger partial charge in [0.25, 0.3) is 0 Å². The number of hydrogen-bond donors (Lipinski definition) is 1. The van der Waals surface area contributed by atoms with Crippen molar-refractivity contribution in [2.45, 2.75) is 25.4 Å². The monoisotopic (exact) mass is 360 g/mol. The normalized spacial score (nSPS) is 12.0. The minimum absolute atomic E-state index is 0.00163. The standard InChI is InChI=1S/C14H15F3N4O4/c1-24-12(22)10-4-2-9(3-5-10)8-25-11(20-21-18)6-7-19-13(23)14(15,16)17/h2-5,11H,6-8H2,1H3,(H,19,23). The van der Waals surface area contributed by atoms with Gasteiger partial charge in [-0.1, -0.05) is 17.2 Å². The van der Waals surface area contributed by atoms with Crippen LogP contribution in [0.2, 0.25) is 0 Å². The van der Waals surface area contributed by atoms with E-state index in [9.17, 15) is 22.8 Å². The Hall–Kier alpha value is -2.78. The number of rotatable bonds is 8. The van der Waals surface area contributed by atoms with Gasteiger partial charge in [-0.25, -0.2) is 4.79 Å². The van der Waals surface area contributed by atoms with Crippen molar-refractivity contribution in [2.75, 3.05) is 13.7 Å². The first kappa shape index (κ1) is 20.3. The number of alkyl halides is 3. The Morgan fingerprint density at radius 3 is 2.48 bits per heavy atom. The largest absolute Gasteiger partial charge is 0.471 e. The first-order valence-electron chi connectivity index (χ1n) is 6.96. The van der Waals surface area contributed by atoms with E-state index < -0.39 is 24.3 Å². The Labute approximate surface area is 140 Å². The zero-order valence-corrected chi connectivity index (χ0v) is 13.1. The van der Waals surface area contributed by atoms with Gasteiger partial charge in [0, 0.05) is 11.5 Å². The third kappa shape index (κ3) is 7.10. The highest BCUT2D eigenvalue weighted by Gasteiger charge is 2.38. The molecule has 1 aromatic rings. The van der Waals surface area contributed by atoms with Crippen LogP contribution in [0, 0.1) is 0 Å². The molecule has 0 bridgehead atoms. The summed E-state index contributed by atoms with van der Waals surface area (Å²) in [6.45, 7) is -0.373. The zero-order chi connectivity index (χ0) is 18.9. The van der Waals surface area contributed by atoms with Gasteiger partial charge in [0.1, 0.15) is 6.23 Å². The highest BCUT2D eigenvalue weighted by molar-refractivity contribution is 5.89. The number of nitrogens with zero attached hydrogens (tertiary/aromatic N) is 3. The van der Waals surface area contributed by atoms with E-state index in [-0.39, 0.29) is 19.6 Å². The summed E-state index contributed by atoms with van der Waals surface area (Å²) in [5, 5.41) is 4.97. The number of amides is 1. The summed E-state index contributed by atoms with van der Waals surface area (Å²) in [5.74, 6) is -2.58. The van der Waals surface area contributed by atoms with Gasteiger partial charge in [-0.15, -0.1) is 0 Å². The Kier molecular flexibility index (Phi) is 7.70. The van der Waals surface area contributed by atoms with Crippen molar-refractivity contribution in [3.05, 3.63) is 45.8 Å². The van der Waals surface area contributed by atoms with E-state index in [2.05, 4.69) is 14.8 Å². The van der Waals surface area contributed by atoms with Gasteiger partial charge in [0.15, 0.2) is 0 Å². The molecule has 0 aliphatic heterocycles. The molecule has 0 aliphatic carbocycles. The fourth-order valence-corrected chi connectivity index (χ4v) is 1.69. The van der Waals surface area contributed by atoms with E-state index in [1.54, 1.807) is 17.4 Å². The second-order valence-electron chi connectivity index (χ2n) is 4.70. The lowest BCUT2D eigenvalue weighted by Crippen LogP contribution is -2.38. The molecule has 1 amide bonds. The molecule has 0 radical (unpaired) electrons. The lowest BCUT2D eigenvalue weighted by molar-refractivity contribution is -0.173. The molecule has 0 aromatic heterocycles. The van der Waals surface area contributed by atoms with E-state index in [0.29, 0.717) is 11.1 Å². The Bertz CT molecular complexity index is 642. The molecule has 0 fully saturated rings. The second kappa shape index (κ2) is 9.50. The second-order valence-corrected chi connectivity index (χ2v) is 4.70. The molecular formula is C14H15F3N4O4. The van der Waals surface area contributed by atoms with E-state index >= 15 is 0 Å². The molecule has 1 rings (SSSR count). The van der Waals surface area contributed by atoms with Crippen LogP contribution < -0.4 is 5.32 Å². The third-order valence-corrected chi connectivity index (χ3v) is 2.93. The molecule has 1 N–H and O–H groups in total. The smallest absolute Gasteiger partial charge is 0.465 e. The molecule has 11 heteroatoms. The average Bonchev–Trinajstić information content (AvgIpc) is 2.58. The predicted octanol–water partition coefficient (Wildman–Crippen LogP) is 2.69. The van der Waals surface area contributed by atoms with Crippen molar-refractivity contribution < 1.29 is 32.2 Å². The van der Waals surface area contributed by atoms with Crippen molar-refractivity contribution in [3.63, 3.8) is 0 Å². The van der Waals surface area contributed by atoms with E-state index in [1.165, 1.54) is 19.2 Å². The number of hydrogen-bond acceptors (Lipinski definition) is 5. The van der Waals surface area contributed by atoms with Crippen LogP contribution in [-0.2, 0) is 20.9 Å². The van der Waals surface area contributed by atoms with Gasteiger partial charge in [0.05, 0.1) is 19.3 Å². The van der Waals surface area contributed by atoms with Crippen LogP contribution in [-0.4, -0.2) is 37.9 Å². The highest BCUT2D eigenvalue weighted by atomic mass is 19.4. The quantitative estimate of drug-likeness (QED) is 0.332. The first-order chi connectivity index (χ1) is 11.8. The maximum atomic E-state index is 12.0. The molecule has 1 atom stereocenters. The first-order valence-corrected chi connectivity index (χ1v) is 6.96. The molecule has 1 unspecified atom stereocenters. The molecule has 0 saturated carbocycles. The van der Waals surface area contributed by atoms with Crippen molar-refractivity contribution in [2.24, 2.45) is 5.11 Å². The van der Waals surface area contributed by atoms with Crippen LogP contribution >= 0.6 is 0 Å². The maximum Gasteiger partial charge on any atom is 0.471 e. The fraction of sp³-hybridized carbons (Fsp3) is 0.429. The molecule has 8 nitrogen and oxygen atoms in total. The summed E-state index contributed by atoms with van der Waals surface area (Å²) in [6.07, 6.45) is -6.17. The Morgan fingerprint density at radius 1 is 1.32 bits per heavy atom. The topological polar surface area (TPSA) is 113 Å². The van der Waals surface area contributed by atoms with E-state index in [4.69, 9.17) is 10.3 Å². The summed E-state index contributed by atoms with van der Waals surface area (Å²) in [4.78, 5) is 24.5. The molecule has 0 aliphatic rings. The highest BCUT2D eigenvalue weighted by Crippen LogP contribution is 2.14. The summed E-state index contributed by atoms with van der Waals surface area (Å²) in [5.41, 5.74) is 9.44. The number of esters is 1. The predicted molar refractivity (Wildman–Crippen MR) is 79.2 cm³/mol. The average molecular weight is 360 g/mol. The van der Waals surface area contributed by atoms with Gasteiger partial charge < -0.3 is 14.8 Å². The number of ether oxygens (including phenoxy) is 2. The van der Waals surface area contributed by atoms with Gasteiger partial charge in [-0.2, -0.15) is 13.2 Å². The van der Waals surface area contributed by atoms with Crippen LogP contribution in [0.15, 0.2) is 29.4 Å². The lowest BCUT2D eigenvalue weighted by atomic mass is 10.1. The van der Waals surface area contributed by atoms with Crippen molar-refractivity contribution >= 4 is 11.9 Å². The number of halogens is 3. The van der Waals surface area contributed by atoms with Crippen molar-refractivity contribution in [3.8, 4) is 0 Å². The summed E-state index contributed by atoms with van der Waals surface area (Å²) < 4.78 is 46.0. The SMILES string of the molecule is COC(=O)c1ccc(COC(CCNC(=O)C(F)(F)F)N=[N+]=[N-])cc1. The number of benzene rings is 1. The van der Waals surface area contributed by atoms with Crippen molar-refractivity contribution in [1.82, 2.24) is 5.32 Å². The molecule has 0 spiro atoms. The van der Waals surface area contributed by atoms with Crippen LogP contribution in [0.5, 0.6) is 0 Å². The number of nitrogens with one attached hydrogen (secondary N) is 1. The molecule has 0 saturated heterocycles. The zero-order valence-electron chi connectivity index (χ0n) is 13.1. The van der Waals surface area contributed by atoms with Crippen LogP contribution in [0.3, 0.4) is 0 Å². The maximum absolute atomic E-state index is 12.0. The number of carbonyl (C=O) groups excluding carboxylic acids is 2. The fourth-order valence-electron chi connectivity index (χ4n) is 1.69. The lowest BCUT2D eigenvalue weighted by Gasteiger charge is -2.14. The van der Waals surface area contributed by atoms with E-state index in [1.807, 2.05) is 0 Å². The van der Waals surface area contributed by atoms with Crippen LogP contribution in [0.1, 0.15) is 22.3 Å². The number of methoxy groups -OCH3 is 1. The molecule has 0 heterocycles. The summed E-state index contributed by atoms with van der Waals surface area (Å²) in [7, 11) is 1.25. The van der Waals surface area contributed by atoms with Crippen molar-refractivity contribution in [1.29, 1.82) is 0 Å². The van der Waals surface area contributed by atoms with E-state index in [0.717, 1.165) is 0 Å². The minimum atomic E-state index is -4.98. The minimum Gasteiger partial charge on any atom is -0.465 e. The Morgan fingerprint density at radius 2 is 1.96 bits per heavy atom. The molecule has 136 valence electrons. The van der Waals surface area contributed by atoms with Gasteiger partial charge >= 0.3 is 18.1 Å². The van der Waals surface area contributed by atoms with Crippen LogP contribution in [0.4, 0.5) is 13.2 Å². The number of azide groups is 1. The van der Waals surface area contributed by atoms with Gasteiger partial charge in [-0.05, 0) is 29.6 Å². The Balaban J connectivity index is 2.51. The summed E-state index contributed by atoms with van der Waals surface area (Å²) >= 11 is 0. The van der Waals surface area contributed by atoms with Gasteiger partial charge in [0.2, 0.25) is 0 Å². The molecule has 25 heavy (non-hydrogen) atoms. The molecule has 1 aromatic carbocycles. The van der Waals surface area contributed by atoms with Crippen LogP contribution in [0.25, 0.3) is 10.4 Å².